The molecule has 0 aliphatic carbocycles. The number of carbonyl (C=O) groups is 2. The fraction of sp³-hybridized carbons (Fsp3) is 0.615. The lowest BCUT2D eigenvalue weighted by Gasteiger charge is -2.31. The SMILES string of the molecule is CCCCC(CC/C(=C/CCc1ccc2c(c1)OCO2)CC)(C(=O)CC)C(=O)CC. The van der Waals surface area contributed by atoms with Gasteiger partial charge >= 0.3 is 0 Å². The van der Waals surface area contributed by atoms with Crippen molar-refractivity contribution >= 4 is 11.6 Å². The van der Waals surface area contributed by atoms with E-state index in [2.05, 4.69) is 32.1 Å². The van der Waals surface area contributed by atoms with Crippen molar-refractivity contribution in [3.05, 3.63) is 35.4 Å². The number of unbranched alkanes of at least 4 members (excludes halogenated alkanes) is 1. The van der Waals surface area contributed by atoms with Gasteiger partial charge in [-0.2, -0.15) is 0 Å². The molecule has 1 aromatic carbocycles. The van der Waals surface area contributed by atoms with Gasteiger partial charge in [-0.15, -0.1) is 0 Å². The average molecular weight is 415 g/mol. The van der Waals surface area contributed by atoms with Crippen LogP contribution in [0.15, 0.2) is 29.8 Å². The molecular formula is C26H38O4. The third-order valence-corrected chi connectivity index (χ3v) is 6.30. The van der Waals surface area contributed by atoms with Crippen LogP contribution in [-0.2, 0) is 16.0 Å². The summed E-state index contributed by atoms with van der Waals surface area (Å²) >= 11 is 0. The van der Waals surface area contributed by atoms with E-state index in [4.69, 9.17) is 9.47 Å². The number of carbonyl (C=O) groups excluding carboxylic acids is 2. The summed E-state index contributed by atoms with van der Waals surface area (Å²) in [7, 11) is 0. The molecule has 30 heavy (non-hydrogen) atoms. The molecule has 0 aromatic heterocycles. The summed E-state index contributed by atoms with van der Waals surface area (Å²) in [6.45, 7) is 8.34. The van der Waals surface area contributed by atoms with E-state index in [0.29, 0.717) is 32.5 Å². The molecule has 4 heteroatoms. The van der Waals surface area contributed by atoms with Crippen molar-refractivity contribution in [1.82, 2.24) is 0 Å². The van der Waals surface area contributed by atoms with Gasteiger partial charge in [0.1, 0.15) is 11.6 Å². The largest absolute Gasteiger partial charge is 0.454 e. The van der Waals surface area contributed by atoms with Crippen LogP contribution >= 0.6 is 0 Å². The second-order valence-electron chi connectivity index (χ2n) is 8.18. The van der Waals surface area contributed by atoms with Gasteiger partial charge in [-0.1, -0.05) is 58.3 Å². The Morgan fingerprint density at radius 1 is 0.967 bits per heavy atom. The highest BCUT2D eigenvalue weighted by Crippen LogP contribution is 2.37. The highest BCUT2D eigenvalue weighted by atomic mass is 16.7. The number of allylic oxidation sites excluding steroid dienone is 2. The van der Waals surface area contributed by atoms with E-state index in [1.54, 1.807) is 0 Å². The molecular weight excluding hydrogens is 376 g/mol. The van der Waals surface area contributed by atoms with Crippen LogP contribution in [0.1, 0.15) is 91.0 Å². The number of aryl methyl sites for hydroxylation is 1. The number of fused-ring (bicyclic) bond motifs is 1. The predicted molar refractivity (Wildman–Crippen MR) is 121 cm³/mol. The Balaban J connectivity index is 2.03. The summed E-state index contributed by atoms with van der Waals surface area (Å²) in [5.41, 5.74) is 1.78. The van der Waals surface area contributed by atoms with Crippen molar-refractivity contribution in [2.24, 2.45) is 5.41 Å². The van der Waals surface area contributed by atoms with Gasteiger partial charge in [0.15, 0.2) is 11.5 Å². The van der Waals surface area contributed by atoms with E-state index >= 15 is 0 Å². The molecule has 0 spiro atoms. The Bertz CT molecular complexity index is 731. The first-order chi connectivity index (χ1) is 14.5. The first-order valence-electron chi connectivity index (χ1n) is 11.6. The third-order valence-electron chi connectivity index (χ3n) is 6.30. The number of rotatable bonds is 14. The topological polar surface area (TPSA) is 52.6 Å². The van der Waals surface area contributed by atoms with Crippen molar-refractivity contribution in [2.75, 3.05) is 6.79 Å². The molecule has 1 aromatic rings. The van der Waals surface area contributed by atoms with E-state index in [1.807, 2.05) is 19.9 Å². The Morgan fingerprint density at radius 3 is 2.30 bits per heavy atom. The molecule has 1 aliphatic heterocycles. The highest BCUT2D eigenvalue weighted by molar-refractivity contribution is 6.06. The van der Waals surface area contributed by atoms with E-state index in [9.17, 15) is 9.59 Å². The summed E-state index contributed by atoms with van der Waals surface area (Å²) in [6, 6.07) is 6.11. The summed E-state index contributed by atoms with van der Waals surface area (Å²) in [4.78, 5) is 25.7. The molecule has 0 atom stereocenters. The molecule has 4 nitrogen and oxygen atoms in total. The minimum atomic E-state index is -0.787. The molecule has 166 valence electrons. The van der Waals surface area contributed by atoms with Gasteiger partial charge in [-0.05, 0) is 56.2 Å². The van der Waals surface area contributed by atoms with Crippen molar-refractivity contribution < 1.29 is 19.1 Å². The molecule has 0 saturated carbocycles. The van der Waals surface area contributed by atoms with Crippen LogP contribution in [0, 0.1) is 5.41 Å². The smallest absolute Gasteiger partial charge is 0.231 e. The second kappa shape index (κ2) is 11.9. The molecule has 0 fully saturated rings. The zero-order valence-electron chi connectivity index (χ0n) is 19.2. The van der Waals surface area contributed by atoms with E-state index in [0.717, 1.165) is 50.0 Å². The minimum Gasteiger partial charge on any atom is -0.454 e. The Kier molecular flexibility index (Phi) is 9.61. The van der Waals surface area contributed by atoms with E-state index < -0.39 is 5.41 Å². The summed E-state index contributed by atoms with van der Waals surface area (Å²) in [5.74, 6) is 1.88. The summed E-state index contributed by atoms with van der Waals surface area (Å²) in [6.07, 6.45) is 10.1. The van der Waals surface area contributed by atoms with Crippen LogP contribution in [0.3, 0.4) is 0 Å². The predicted octanol–water partition coefficient (Wildman–Crippen LogP) is 6.60. The zero-order chi connectivity index (χ0) is 22.0. The number of ether oxygens (including phenoxy) is 2. The van der Waals surface area contributed by atoms with Gasteiger partial charge in [0.2, 0.25) is 6.79 Å². The van der Waals surface area contributed by atoms with Crippen LogP contribution < -0.4 is 9.47 Å². The Hall–Kier alpha value is -2.10. The lowest BCUT2D eigenvalue weighted by molar-refractivity contribution is -0.141. The Morgan fingerprint density at radius 2 is 1.67 bits per heavy atom. The maximum absolute atomic E-state index is 12.9. The van der Waals surface area contributed by atoms with Crippen LogP contribution in [0.2, 0.25) is 0 Å². The molecule has 0 bridgehead atoms. The quantitative estimate of drug-likeness (QED) is 0.254. The van der Waals surface area contributed by atoms with Gasteiger partial charge in [0, 0.05) is 12.8 Å². The fourth-order valence-corrected chi connectivity index (χ4v) is 4.33. The number of hydrogen-bond acceptors (Lipinski definition) is 4. The molecule has 0 saturated heterocycles. The van der Waals surface area contributed by atoms with Crippen LogP contribution in [0.25, 0.3) is 0 Å². The number of Topliss-reactive ketones (excluding diaryl/α,β-unsaturated/α-hetero) is 2. The van der Waals surface area contributed by atoms with Crippen molar-refractivity contribution in [3.8, 4) is 11.5 Å². The van der Waals surface area contributed by atoms with Crippen LogP contribution in [0.5, 0.6) is 11.5 Å². The van der Waals surface area contributed by atoms with Gasteiger partial charge in [-0.3, -0.25) is 9.59 Å². The van der Waals surface area contributed by atoms with Crippen molar-refractivity contribution in [2.45, 2.75) is 91.9 Å². The first-order valence-corrected chi connectivity index (χ1v) is 11.6. The molecule has 1 heterocycles. The third kappa shape index (κ3) is 5.96. The number of hydrogen-bond donors (Lipinski definition) is 0. The lowest BCUT2D eigenvalue weighted by atomic mass is 9.69. The normalized spacial score (nSPS) is 13.5. The van der Waals surface area contributed by atoms with Crippen LogP contribution in [0.4, 0.5) is 0 Å². The monoisotopic (exact) mass is 414 g/mol. The first kappa shape index (κ1) is 24.2. The van der Waals surface area contributed by atoms with Crippen molar-refractivity contribution in [3.63, 3.8) is 0 Å². The van der Waals surface area contributed by atoms with E-state index in [-0.39, 0.29) is 11.6 Å². The van der Waals surface area contributed by atoms with Crippen molar-refractivity contribution in [1.29, 1.82) is 0 Å². The summed E-state index contributed by atoms with van der Waals surface area (Å²) < 4.78 is 10.8. The van der Waals surface area contributed by atoms with Gasteiger partial charge in [0.25, 0.3) is 0 Å². The zero-order valence-corrected chi connectivity index (χ0v) is 19.2. The van der Waals surface area contributed by atoms with E-state index in [1.165, 1.54) is 11.1 Å². The second-order valence-corrected chi connectivity index (χ2v) is 8.18. The molecule has 2 rings (SSSR count). The molecule has 1 aliphatic rings. The van der Waals surface area contributed by atoms with Gasteiger partial charge in [-0.25, -0.2) is 0 Å². The lowest BCUT2D eigenvalue weighted by Crippen LogP contribution is -2.39. The number of ketones is 2. The highest BCUT2D eigenvalue weighted by Gasteiger charge is 2.41. The van der Waals surface area contributed by atoms with Gasteiger partial charge < -0.3 is 9.47 Å². The number of benzene rings is 1. The molecule has 0 unspecified atom stereocenters. The molecule has 0 radical (unpaired) electrons. The Labute approximate surface area is 182 Å². The van der Waals surface area contributed by atoms with Gasteiger partial charge in [0.05, 0.1) is 5.41 Å². The van der Waals surface area contributed by atoms with Crippen LogP contribution in [-0.4, -0.2) is 18.4 Å². The maximum atomic E-state index is 12.9. The molecule has 0 N–H and O–H groups in total. The maximum Gasteiger partial charge on any atom is 0.231 e. The summed E-state index contributed by atoms with van der Waals surface area (Å²) in [5, 5.41) is 0. The molecule has 0 amide bonds. The minimum absolute atomic E-state index is 0.124. The standard InChI is InChI=1S/C26H38O4/c1-5-9-16-26(24(27)7-3,25(28)8-4)17-15-20(6-2)11-10-12-21-13-14-22-23(18-21)30-19-29-22/h11,13-14,18H,5-10,12,15-17,19H2,1-4H3/b20-11+. The average Bonchev–Trinajstić information content (AvgIpc) is 3.24. The fourth-order valence-electron chi connectivity index (χ4n) is 4.33.